The van der Waals surface area contributed by atoms with Crippen LogP contribution in [0, 0.1) is 5.92 Å². The van der Waals surface area contributed by atoms with E-state index in [1.165, 1.54) is 6.42 Å². The van der Waals surface area contributed by atoms with Gasteiger partial charge in [0.05, 0.1) is 0 Å². The quantitative estimate of drug-likeness (QED) is 0.811. The van der Waals surface area contributed by atoms with Crippen molar-refractivity contribution in [1.82, 2.24) is 10.6 Å². The van der Waals surface area contributed by atoms with Crippen molar-refractivity contribution in [1.29, 1.82) is 0 Å². The highest BCUT2D eigenvalue weighted by atomic mass is 16.1. The van der Waals surface area contributed by atoms with Gasteiger partial charge >= 0.3 is 0 Å². The molecule has 1 unspecified atom stereocenters. The van der Waals surface area contributed by atoms with Gasteiger partial charge in [0.1, 0.15) is 0 Å². The largest absolute Gasteiger partial charge is 0.352 e. The minimum atomic E-state index is 0.167. The zero-order chi connectivity index (χ0) is 11.9. The fourth-order valence-electron chi connectivity index (χ4n) is 2.18. The second-order valence-electron chi connectivity index (χ2n) is 4.66. The molecule has 1 aromatic rings. The number of benzene rings is 1. The summed E-state index contributed by atoms with van der Waals surface area (Å²) in [7, 11) is 0. The lowest BCUT2D eigenvalue weighted by Crippen LogP contribution is -2.23. The molecule has 1 heterocycles. The molecule has 1 saturated heterocycles. The first kappa shape index (κ1) is 12.1. The van der Waals surface area contributed by atoms with Gasteiger partial charge in [-0.2, -0.15) is 0 Å². The summed E-state index contributed by atoms with van der Waals surface area (Å²) in [5, 5.41) is 6.29. The summed E-state index contributed by atoms with van der Waals surface area (Å²) >= 11 is 0. The van der Waals surface area contributed by atoms with Crippen LogP contribution in [-0.4, -0.2) is 19.0 Å². The van der Waals surface area contributed by atoms with Gasteiger partial charge in [-0.1, -0.05) is 30.3 Å². The Hall–Kier alpha value is -1.35. The number of carbonyl (C=O) groups is 1. The van der Waals surface area contributed by atoms with Crippen LogP contribution in [0.3, 0.4) is 0 Å². The highest BCUT2D eigenvalue weighted by Crippen LogP contribution is 2.13. The smallest absolute Gasteiger partial charge is 0.220 e. The number of nitrogens with one attached hydrogen (secondary N) is 2. The molecule has 1 aliphatic rings. The molecule has 0 saturated carbocycles. The Labute approximate surface area is 103 Å². The average molecular weight is 232 g/mol. The van der Waals surface area contributed by atoms with E-state index in [1.807, 2.05) is 30.3 Å². The van der Waals surface area contributed by atoms with Crippen molar-refractivity contribution >= 4 is 5.91 Å². The molecule has 1 aliphatic heterocycles. The summed E-state index contributed by atoms with van der Waals surface area (Å²) in [6, 6.07) is 10.0. The van der Waals surface area contributed by atoms with E-state index in [2.05, 4.69) is 10.6 Å². The lowest BCUT2D eigenvalue weighted by molar-refractivity contribution is -0.121. The molecule has 0 radical (unpaired) electrons. The first-order valence-corrected chi connectivity index (χ1v) is 6.36. The molecule has 17 heavy (non-hydrogen) atoms. The summed E-state index contributed by atoms with van der Waals surface area (Å²) in [6.07, 6.45) is 2.87. The van der Waals surface area contributed by atoms with Crippen molar-refractivity contribution in [2.24, 2.45) is 5.92 Å². The van der Waals surface area contributed by atoms with Crippen LogP contribution >= 0.6 is 0 Å². The molecular formula is C14H20N2O. The second-order valence-corrected chi connectivity index (χ2v) is 4.66. The fourth-order valence-corrected chi connectivity index (χ4v) is 2.18. The monoisotopic (exact) mass is 232 g/mol. The van der Waals surface area contributed by atoms with E-state index in [1.54, 1.807) is 0 Å². The molecule has 0 aliphatic carbocycles. The predicted molar refractivity (Wildman–Crippen MR) is 68.5 cm³/mol. The van der Waals surface area contributed by atoms with E-state index in [0.717, 1.165) is 25.1 Å². The third kappa shape index (κ3) is 4.19. The highest BCUT2D eigenvalue weighted by Gasteiger charge is 2.15. The molecule has 2 N–H and O–H groups in total. The predicted octanol–water partition coefficient (Wildman–Crippen LogP) is 1.69. The van der Waals surface area contributed by atoms with Gasteiger partial charge in [0, 0.05) is 13.0 Å². The standard InChI is InChI=1S/C14H20N2O/c17-14(7-6-13-8-9-15-10-13)16-11-12-4-2-1-3-5-12/h1-5,13,15H,6-11H2,(H,16,17). The third-order valence-corrected chi connectivity index (χ3v) is 3.27. The molecule has 3 nitrogen and oxygen atoms in total. The van der Waals surface area contributed by atoms with Gasteiger partial charge in [0.2, 0.25) is 5.91 Å². The molecule has 3 heteroatoms. The maximum absolute atomic E-state index is 11.6. The lowest BCUT2D eigenvalue weighted by Gasteiger charge is -2.08. The van der Waals surface area contributed by atoms with Crippen molar-refractivity contribution in [3.63, 3.8) is 0 Å². The van der Waals surface area contributed by atoms with E-state index in [9.17, 15) is 4.79 Å². The number of carbonyl (C=O) groups excluding carboxylic acids is 1. The Morgan fingerprint density at radius 3 is 2.88 bits per heavy atom. The Morgan fingerprint density at radius 2 is 2.18 bits per heavy atom. The van der Waals surface area contributed by atoms with Gasteiger partial charge < -0.3 is 10.6 Å². The summed E-state index contributed by atoms with van der Waals surface area (Å²) in [4.78, 5) is 11.6. The molecule has 1 aromatic carbocycles. The second kappa shape index (κ2) is 6.40. The van der Waals surface area contributed by atoms with E-state index in [-0.39, 0.29) is 5.91 Å². The van der Waals surface area contributed by atoms with Gasteiger partial charge in [0.25, 0.3) is 0 Å². The van der Waals surface area contributed by atoms with Crippen LogP contribution in [0.15, 0.2) is 30.3 Å². The van der Waals surface area contributed by atoms with Crippen LogP contribution in [0.1, 0.15) is 24.8 Å². The van der Waals surface area contributed by atoms with E-state index >= 15 is 0 Å². The fraction of sp³-hybridized carbons (Fsp3) is 0.500. The molecule has 0 bridgehead atoms. The molecule has 0 aromatic heterocycles. The van der Waals surface area contributed by atoms with E-state index in [0.29, 0.717) is 18.9 Å². The topological polar surface area (TPSA) is 41.1 Å². The summed E-state index contributed by atoms with van der Waals surface area (Å²) in [5.74, 6) is 0.859. The van der Waals surface area contributed by atoms with Gasteiger partial charge in [-0.05, 0) is 37.4 Å². The first-order valence-electron chi connectivity index (χ1n) is 6.36. The minimum Gasteiger partial charge on any atom is -0.352 e. The van der Waals surface area contributed by atoms with E-state index < -0.39 is 0 Å². The molecule has 1 atom stereocenters. The Balaban J connectivity index is 1.64. The third-order valence-electron chi connectivity index (χ3n) is 3.27. The minimum absolute atomic E-state index is 0.167. The number of hydrogen-bond acceptors (Lipinski definition) is 2. The van der Waals surface area contributed by atoms with Crippen molar-refractivity contribution in [3.8, 4) is 0 Å². The Kier molecular flexibility index (Phi) is 4.56. The van der Waals surface area contributed by atoms with Crippen LogP contribution in [0.4, 0.5) is 0 Å². The van der Waals surface area contributed by atoms with Crippen LogP contribution in [0.2, 0.25) is 0 Å². The highest BCUT2D eigenvalue weighted by molar-refractivity contribution is 5.75. The molecular weight excluding hydrogens is 212 g/mol. The van der Waals surface area contributed by atoms with Crippen LogP contribution in [0.25, 0.3) is 0 Å². The van der Waals surface area contributed by atoms with Crippen molar-refractivity contribution in [2.75, 3.05) is 13.1 Å². The molecule has 0 spiro atoms. The average Bonchev–Trinajstić information content (AvgIpc) is 2.88. The van der Waals surface area contributed by atoms with Crippen LogP contribution in [0.5, 0.6) is 0 Å². The van der Waals surface area contributed by atoms with Crippen molar-refractivity contribution in [3.05, 3.63) is 35.9 Å². The van der Waals surface area contributed by atoms with Gasteiger partial charge in [0.15, 0.2) is 0 Å². The number of rotatable bonds is 5. The zero-order valence-electron chi connectivity index (χ0n) is 10.1. The maximum Gasteiger partial charge on any atom is 0.220 e. The van der Waals surface area contributed by atoms with Gasteiger partial charge in [-0.25, -0.2) is 0 Å². The molecule has 1 amide bonds. The van der Waals surface area contributed by atoms with Gasteiger partial charge in [-0.3, -0.25) is 4.79 Å². The number of hydrogen-bond donors (Lipinski definition) is 2. The summed E-state index contributed by atoms with van der Waals surface area (Å²) in [6.45, 7) is 2.82. The lowest BCUT2D eigenvalue weighted by atomic mass is 10.0. The molecule has 92 valence electrons. The maximum atomic E-state index is 11.6. The molecule has 1 fully saturated rings. The van der Waals surface area contributed by atoms with Crippen LogP contribution in [-0.2, 0) is 11.3 Å². The van der Waals surface area contributed by atoms with Crippen LogP contribution < -0.4 is 10.6 Å². The first-order chi connectivity index (χ1) is 8.34. The SMILES string of the molecule is O=C(CCC1CCNC1)NCc1ccccc1. The van der Waals surface area contributed by atoms with Crippen molar-refractivity contribution < 1.29 is 4.79 Å². The number of amides is 1. The van der Waals surface area contributed by atoms with Gasteiger partial charge in [-0.15, -0.1) is 0 Å². The zero-order valence-corrected chi connectivity index (χ0v) is 10.1. The normalized spacial score (nSPS) is 19.2. The van der Waals surface area contributed by atoms with E-state index in [4.69, 9.17) is 0 Å². The summed E-state index contributed by atoms with van der Waals surface area (Å²) < 4.78 is 0. The molecule has 2 rings (SSSR count). The Morgan fingerprint density at radius 1 is 1.35 bits per heavy atom. The Bertz CT molecular complexity index is 344. The van der Waals surface area contributed by atoms with Crippen molar-refractivity contribution in [2.45, 2.75) is 25.8 Å². The summed E-state index contributed by atoms with van der Waals surface area (Å²) in [5.41, 5.74) is 1.16.